The number of benzene rings is 3. The fourth-order valence-electron chi connectivity index (χ4n) is 13.4. The van der Waals surface area contributed by atoms with Crippen LogP contribution in [0.25, 0.3) is 5.57 Å². The molecule has 0 bridgehead atoms. The molecule has 4 saturated carbocycles. The van der Waals surface area contributed by atoms with Crippen LogP contribution in [0.2, 0.25) is 0 Å². The second-order valence-electron chi connectivity index (χ2n) is 23.1. The molecule has 3 aromatic carbocycles. The summed E-state index contributed by atoms with van der Waals surface area (Å²) in [5.41, 5.74) is 4.86. The predicted molar refractivity (Wildman–Crippen MR) is 301 cm³/mol. The second kappa shape index (κ2) is 27.3. The highest BCUT2D eigenvalue weighted by atomic mass is 16.3. The van der Waals surface area contributed by atoms with Crippen LogP contribution in [0.5, 0.6) is 0 Å². The highest BCUT2D eigenvalue weighted by molar-refractivity contribution is 6.40. The average Bonchev–Trinajstić information content (AvgIpc) is 4.31. The third-order valence-electron chi connectivity index (χ3n) is 17.8. The summed E-state index contributed by atoms with van der Waals surface area (Å²) < 4.78 is 2.47. The van der Waals surface area contributed by atoms with Crippen LogP contribution in [0.4, 0.5) is 11.4 Å². The van der Waals surface area contributed by atoms with Crippen molar-refractivity contribution in [3.05, 3.63) is 136 Å². The van der Waals surface area contributed by atoms with Gasteiger partial charge in [-0.2, -0.15) is 0 Å². The minimum Gasteiger partial charge on any atom is -0.871 e. The number of hydrogen-bond acceptors (Lipinski definition) is 5. The van der Waals surface area contributed by atoms with E-state index in [1.165, 1.54) is 154 Å². The Kier molecular flexibility index (Phi) is 19.7. The van der Waals surface area contributed by atoms with Gasteiger partial charge in [-0.3, -0.25) is 14.4 Å². The molecule has 6 aliphatic rings. The molecule has 0 heterocycles. The van der Waals surface area contributed by atoms with Crippen molar-refractivity contribution in [2.24, 2.45) is 23.7 Å². The molecule has 6 aliphatic carbocycles. The largest absolute Gasteiger partial charge is 0.871 e. The maximum atomic E-state index is 14.8. The molecular weight excluding hydrogens is 913 g/mol. The molecule has 4 fully saturated rings. The molecular formula is C66H86N4O4. The summed E-state index contributed by atoms with van der Waals surface area (Å²) in [4.78, 5) is 45.3. The molecule has 2 N–H and O–H groups in total. The number of carbonyl (C=O) groups is 3. The zero-order valence-corrected chi connectivity index (χ0v) is 44.7. The van der Waals surface area contributed by atoms with Crippen LogP contribution in [0.15, 0.2) is 120 Å². The Bertz CT molecular complexity index is 2460. The van der Waals surface area contributed by atoms with Crippen LogP contribution >= 0.6 is 0 Å². The fourth-order valence-corrected chi connectivity index (χ4v) is 13.4. The highest BCUT2D eigenvalue weighted by Crippen LogP contribution is 2.43. The van der Waals surface area contributed by atoms with Gasteiger partial charge in [0.2, 0.25) is 5.71 Å². The zero-order valence-electron chi connectivity index (χ0n) is 44.7. The quantitative estimate of drug-likeness (QED) is 0.0474. The van der Waals surface area contributed by atoms with E-state index in [2.05, 4.69) is 20.1 Å². The third-order valence-corrected chi connectivity index (χ3v) is 17.8. The molecule has 8 heteroatoms. The summed E-state index contributed by atoms with van der Waals surface area (Å²) in [5, 5.41) is 21.1. The molecule has 0 aromatic heterocycles. The SMILES string of the molecule is O=C1C(c2ccc(N(CCCCC3CCCC3)CCCCC3CCCC3)cc2NC(=O)c2ccccc2)=C([O-])/C1=C1\C=CC(=[N+](CCCCC2CCCC2)CCCCC2CCCC2)C=C1NC(=O)c1ccccc1. The number of anilines is 2. The summed E-state index contributed by atoms with van der Waals surface area (Å²) in [6.07, 6.45) is 42.0. The molecule has 0 aliphatic heterocycles. The smallest absolute Gasteiger partial charge is 0.255 e. The Morgan fingerprint density at radius 1 is 0.541 bits per heavy atom. The summed E-state index contributed by atoms with van der Waals surface area (Å²) in [5.74, 6) is 2.07. The van der Waals surface area contributed by atoms with Crippen LogP contribution in [-0.4, -0.2) is 54.1 Å². The first kappa shape index (κ1) is 53.3. The van der Waals surface area contributed by atoms with Gasteiger partial charge in [0.05, 0.1) is 11.4 Å². The van der Waals surface area contributed by atoms with Crippen molar-refractivity contribution in [2.75, 3.05) is 36.4 Å². The van der Waals surface area contributed by atoms with Gasteiger partial charge in [-0.25, -0.2) is 4.58 Å². The van der Waals surface area contributed by atoms with Gasteiger partial charge in [0.15, 0.2) is 5.78 Å². The molecule has 0 spiro atoms. The zero-order chi connectivity index (χ0) is 50.9. The molecule has 8 nitrogen and oxygen atoms in total. The fraction of sp³-hybridized carbons (Fsp3) is 0.545. The summed E-state index contributed by atoms with van der Waals surface area (Å²) in [6, 6.07) is 24.2. The summed E-state index contributed by atoms with van der Waals surface area (Å²) >= 11 is 0. The Balaban J connectivity index is 1.02. The average molecular weight is 999 g/mol. The molecule has 0 saturated heterocycles. The lowest BCUT2D eigenvalue weighted by Crippen LogP contribution is -2.34. The number of Topliss-reactive ketones (excluding diaryl/α,β-unsaturated/α-hetero) is 1. The van der Waals surface area contributed by atoms with E-state index in [1.807, 2.05) is 72.8 Å². The van der Waals surface area contributed by atoms with E-state index in [9.17, 15) is 19.5 Å². The van der Waals surface area contributed by atoms with Gasteiger partial charge in [-0.05, 0) is 91.8 Å². The molecule has 2 amide bonds. The number of unbranched alkanes of at least 4 members (excludes halogenated alkanes) is 4. The number of nitrogens with one attached hydrogen (secondary N) is 2. The van der Waals surface area contributed by atoms with E-state index in [0.29, 0.717) is 33.6 Å². The van der Waals surface area contributed by atoms with Gasteiger partial charge in [-0.1, -0.05) is 189 Å². The van der Waals surface area contributed by atoms with Crippen molar-refractivity contribution in [2.45, 2.75) is 180 Å². The lowest BCUT2D eigenvalue weighted by molar-refractivity contribution is -0.527. The number of rotatable bonds is 26. The topological polar surface area (TPSA) is 105 Å². The van der Waals surface area contributed by atoms with Crippen molar-refractivity contribution in [1.82, 2.24) is 5.32 Å². The van der Waals surface area contributed by atoms with Crippen LogP contribution < -0.4 is 20.6 Å². The Morgan fingerprint density at radius 3 is 1.47 bits per heavy atom. The van der Waals surface area contributed by atoms with Gasteiger partial charge in [0, 0.05) is 77.2 Å². The molecule has 0 unspecified atom stereocenters. The van der Waals surface area contributed by atoms with Crippen LogP contribution in [0.3, 0.4) is 0 Å². The summed E-state index contributed by atoms with van der Waals surface area (Å²) in [6.45, 7) is 3.67. The van der Waals surface area contributed by atoms with Gasteiger partial charge in [-0.15, -0.1) is 0 Å². The van der Waals surface area contributed by atoms with Gasteiger partial charge >= 0.3 is 0 Å². The molecule has 74 heavy (non-hydrogen) atoms. The third kappa shape index (κ3) is 14.5. The molecule has 3 aromatic rings. The maximum Gasteiger partial charge on any atom is 0.255 e. The lowest BCUT2D eigenvalue weighted by atomic mass is 9.78. The maximum absolute atomic E-state index is 14.8. The van der Waals surface area contributed by atoms with Crippen molar-refractivity contribution in [3.63, 3.8) is 0 Å². The predicted octanol–water partition coefficient (Wildman–Crippen LogP) is 14.5. The number of amides is 2. The standard InChI is InChI=1S/C66H86N4O4/c71-63-61(57-41-39-55(47-59(57)67-65(73)53-35-3-1-4-36-53)69(43-19-15-31-49-23-7-8-24-49)44-20-16-32-50-25-9-10-26-50)64(72)62(63)58-42-40-56(48-60(58)68-66(74)54-37-5-2-6-38-54)70(45-21-17-33-51-27-11-12-28-51)46-22-18-34-52-29-13-14-30-52/h1-6,35-42,47-52H,7-34,43-46H2,(H2,67,68,71,72,73,74). The van der Waals surface area contributed by atoms with E-state index >= 15 is 0 Å². The van der Waals surface area contributed by atoms with Crippen molar-refractivity contribution in [3.8, 4) is 0 Å². The first-order valence-corrected chi connectivity index (χ1v) is 29.7. The molecule has 394 valence electrons. The number of carbonyl (C=O) groups excluding carboxylic acids is 3. The van der Waals surface area contributed by atoms with Crippen LogP contribution in [0.1, 0.15) is 206 Å². The molecule has 0 atom stereocenters. The number of hydrogen-bond donors (Lipinski definition) is 2. The first-order chi connectivity index (χ1) is 36.4. The van der Waals surface area contributed by atoms with Gasteiger partial charge in [0.1, 0.15) is 13.1 Å². The highest BCUT2D eigenvalue weighted by Gasteiger charge is 2.35. The van der Waals surface area contributed by atoms with E-state index in [4.69, 9.17) is 0 Å². The van der Waals surface area contributed by atoms with Crippen LogP contribution in [-0.2, 0) is 4.79 Å². The minimum absolute atomic E-state index is 0.0603. The molecule has 0 radical (unpaired) electrons. The first-order valence-electron chi connectivity index (χ1n) is 29.7. The number of ketones is 1. The summed E-state index contributed by atoms with van der Waals surface area (Å²) in [7, 11) is 0. The van der Waals surface area contributed by atoms with Crippen molar-refractivity contribution >= 4 is 40.3 Å². The number of nitrogens with zero attached hydrogens (tertiary/aromatic N) is 2. The van der Waals surface area contributed by atoms with E-state index < -0.39 is 0 Å². The molecule has 9 rings (SSSR count). The monoisotopic (exact) mass is 999 g/mol. The second-order valence-corrected chi connectivity index (χ2v) is 23.1. The normalized spacial score (nSPS) is 19.6. The van der Waals surface area contributed by atoms with E-state index in [-0.39, 0.29) is 34.5 Å². The lowest BCUT2D eigenvalue weighted by Gasteiger charge is -2.35. The Hall–Kier alpha value is -5.50. The van der Waals surface area contributed by atoms with Crippen molar-refractivity contribution < 1.29 is 24.1 Å². The van der Waals surface area contributed by atoms with Gasteiger partial charge < -0.3 is 20.6 Å². The van der Waals surface area contributed by atoms with Gasteiger partial charge in [0.25, 0.3) is 11.8 Å². The Labute approximate surface area is 444 Å². The van der Waals surface area contributed by atoms with E-state index in [0.717, 1.165) is 86.9 Å². The van der Waals surface area contributed by atoms with Crippen LogP contribution in [0, 0.1) is 23.7 Å². The number of allylic oxidation sites excluding steroid dienone is 5. The van der Waals surface area contributed by atoms with E-state index in [1.54, 1.807) is 24.3 Å². The van der Waals surface area contributed by atoms with Crippen molar-refractivity contribution in [1.29, 1.82) is 0 Å². The Morgan fingerprint density at radius 2 is 1.00 bits per heavy atom. The minimum atomic E-state index is -0.382.